The van der Waals surface area contributed by atoms with Crippen molar-refractivity contribution in [3.8, 4) is 5.75 Å². The molecule has 0 saturated carbocycles. The van der Waals surface area contributed by atoms with Gasteiger partial charge in [0.25, 0.3) is 12.1 Å². The van der Waals surface area contributed by atoms with Gasteiger partial charge in [0.1, 0.15) is 5.56 Å². The summed E-state index contributed by atoms with van der Waals surface area (Å²) in [6, 6.07) is -0.0264. The number of halogens is 5. The smallest absolute Gasteiger partial charge is 0.475 e. The van der Waals surface area contributed by atoms with Gasteiger partial charge in [0.2, 0.25) is 0 Å². The molecule has 1 heterocycles. The third-order valence-corrected chi connectivity index (χ3v) is 1.84. The Morgan fingerprint density at radius 2 is 2.00 bits per heavy atom. The van der Waals surface area contributed by atoms with Crippen molar-refractivity contribution in [2.75, 3.05) is 0 Å². The normalized spacial score (nSPS) is 11.5. The van der Waals surface area contributed by atoms with Crippen LogP contribution in [0.25, 0.3) is 0 Å². The molecule has 0 unspecified atom stereocenters. The zero-order chi connectivity index (χ0) is 15.7. The summed E-state index contributed by atoms with van der Waals surface area (Å²) in [6.07, 6.45) is -9.12. The first-order valence-corrected chi connectivity index (χ1v) is 4.49. The van der Waals surface area contributed by atoms with Gasteiger partial charge in [-0.15, -0.1) is 13.2 Å². The number of rotatable bonds is 4. The molecule has 1 rings (SSSR count). The molecule has 7 nitrogen and oxygen atoms in total. The van der Waals surface area contributed by atoms with Gasteiger partial charge in [-0.3, -0.25) is 0 Å². The number of alkyl halides is 5. The summed E-state index contributed by atoms with van der Waals surface area (Å²) in [4.78, 5) is 22.5. The average molecular weight is 302 g/mol. The second-order valence-corrected chi connectivity index (χ2v) is 3.15. The Balaban J connectivity index is 3.59. The fraction of sp³-hybridized carbons (Fsp3) is 0.250. The Bertz CT molecular complexity index is 559. The fourth-order valence-electron chi connectivity index (χ4n) is 1.20. The first-order valence-electron chi connectivity index (χ1n) is 4.49. The maximum absolute atomic E-state index is 12.6. The lowest BCUT2D eigenvalue weighted by atomic mass is 10.1. The van der Waals surface area contributed by atoms with Crippen molar-refractivity contribution < 1.29 is 41.5 Å². The van der Waals surface area contributed by atoms with Crippen LogP contribution in [-0.4, -0.2) is 27.3 Å². The van der Waals surface area contributed by atoms with Crippen molar-refractivity contribution in [2.24, 2.45) is 0 Å². The van der Waals surface area contributed by atoms with Crippen molar-refractivity contribution in [3.05, 3.63) is 27.4 Å². The molecule has 0 aliphatic carbocycles. The van der Waals surface area contributed by atoms with Crippen LogP contribution < -0.4 is 4.74 Å². The molecule has 0 saturated heterocycles. The number of carbonyl (C=O) groups is 1. The van der Waals surface area contributed by atoms with Crippen molar-refractivity contribution in [2.45, 2.75) is 12.8 Å². The molecular formula is C8H3F5N2O5. The number of pyridine rings is 1. The lowest BCUT2D eigenvalue weighted by Crippen LogP contribution is -2.20. The molecule has 0 spiro atoms. The maximum atomic E-state index is 12.6. The van der Waals surface area contributed by atoms with E-state index in [2.05, 4.69) is 9.72 Å². The minimum atomic E-state index is -5.44. The Kier molecular flexibility index (Phi) is 4.06. The number of aromatic nitrogens is 1. The summed E-state index contributed by atoms with van der Waals surface area (Å²) in [7, 11) is 0. The fourth-order valence-corrected chi connectivity index (χ4v) is 1.20. The molecule has 0 aliphatic heterocycles. The van der Waals surface area contributed by atoms with Crippen LogP contribution in [0, 0.1) is 10.1 Å². The highest BCUT2D eigenvalue weighted by Gasteiger charge is 2.38. The van der Waals surface area contributed by atoms with Crippen molar-refractivity contribution >= 4 is 11.8 Å². The second kappa shape index (κ2) is 5.22. The lowest BCUT2D eigenvalue weighted by molar-refractivity contribution is -0.389. The molecule has 0 radical (unpaired) electrons. The summed E-state index contributed by atoms with van der Waals surface area (Å²) in [5, 5.41) is 19.0. The minimum Gasteiger partial charge on any atom is -0.475 e. The molecular weight excluding hydrogens is 299 g/mol. The van der Waals surface area contributed by atoms with Gasteiger partial charge in [-0.1, -0.05) is 0 Å². The van der Waals surface area contributed by atoms with Gasteiger partial charge in [-0.2, -0.15) is 0 Å². The largest absolute Gasteiger partial charge is 0.573 e. The number of hydrogen-bond donors (Lipinski definition) is 1. The summed E-state index contributed by atoms with van der Waals surface area (Å²) in [5.74, 6) is -5.21. The molecule has 1 aromatic heterocycles. The first-order chi connectivity index (χ1) is 9.03. The summed E-state index contributed by atoms with van der Waals surface area (Å²) < 4.78 is 64.6. The van der Waals surface area contributed by atoms with Crippen LogP contribution in [0.4, 0.5) is 27.8 Å². The molecule has 0 aromatic carbocycles. The minimum absolute atomic E-state index is 0.0264. The highest BCUT2D eigenvalue weighted by Crippen LogP contribution is 2.36. The molecule has 0 fully saturated rings. The Morgan fingerprint density at radius 3 is 2.35 bits per heavy atom. The molecule has 1 aromatic rings. The molecule has 0 atom stereocenters. The van der Waals surface area contributed by atoms with E-state index in [1.54, 1.807) is 0 Å². The van der Waals surface area contributed by atoms with Gasteiger partial charge < -0.3 is 20.0 Å². The number of carboxylic acid groups (broad SMARTS) is 1. The van der Waals surface area contributed by atoms with Crippen LogP contribution in [0.2, 0.25) is 0 Å². The van der Waals surface area contributed by atoms with Crippen LogP contribution in [0.5, 0.6) is 5.75 Å². The zero-order valence-corrected chi connectivity index (χ0v) is 9.02. The standard InChI is InChI=1S/C8H3F5N2O5/c9-6(10)4-2(20-8(11,12)13)1-3(15(18)19)14-5(4)7(16)17/h1,6H,(H,16,17). The summed E-state index contributed by atoms with van der Waals surface area (Å²) >= 11 is 0. The number of ether oxygens (including phenoxy) is 1. The average Bonchev–Trinajstić information content (AvgIpc) is 2.24. The van der Waals surface area contributed by atoms with Crippen LogP contribution >= 0.6 is 0 Å². The lowest BCUT2D eigenvalue weighted by Gasteiger charge is -2.12. The monoisotopic (exact) mass is 302 g/mol. The van der Waals surface area contributed by atoms with Gasteiger partial charge in [-0.05, 0) is 9.91 Å². The van der Waals surface area contributed by atoms with E-state index < -0.39 is 46.5 Å². The number of nitrogens with zero attached hydrogens (tertiary/aromatic N) is 2. The molecule has 20 heavy (non-hydrogen) atoms. The maximum Gasteiger partial charge on any atom is 0.573 e. The van der Waals surface area contributed by atoms with Crippen LogP contribution in [0.15, 0.2) is 6.07 Å². The van der Waals surface area contributed by atoms with E-state index >= 15 is 0 Å². The van der Waals surface area contributed by atoms with Gasteiger partial charge in [0.15, 0.2) is 5.75 Å². The summed E-state index contributed by atoms with van der Waals surface area (Å²) in [6.45, 7) is 0. The van der Waals surface area contributed by atoms with Crippen molar-refractivity contribution in [1.29, 1.82) is 0 Å². The number of hydrogen-bond acceptors (Lipinski definition) is 5. The Labute approximate surface area is 105 Å². The van der Waals surface area contributed by atoms with E-state index in [1.165, 1.54) is 0 Å². The highest BCUT2D eigenvalue weighted by molar-refractivity contribution is 5.88. The van der Waals surface area contributed by atoms with Crippen LogP contribution in [0.1, 0.15) is 22.5 Å². The Morgan fingerprint density at radius 1 is 1.45 bits per heavy atom. The van der Waals surface area contributed by atoms with Gasteiger partial charge >= 0.3 is 18.1 Å². The van der Waals surface area contributed by atoms with E-state index in [-0.39, 0.29) is 6.07 Å². The molecule has 12 heteroatoms. The third kappa shape index (κ3) is 3.49. The highest BCUT2D eigenvalue weighted by atomic mass is 19.4. The van der Waals surface area contributed by atoms with Gasteiger partial charge in [-0.25, -0.2) is 13.6 Å². The van der Waals surface area contributed by atoms with E-state index in [9.17, 15) is 36.9 Å². The summed E-state index contributed by atoms with van der Waals surface area (Å²) in [5.41, 5.74) is -3.28. The number of carboxylic acids is 1. The van der Waals surface area contributed by atoms with E-state index in [0.717, 1.165) is 0 Å². The van der Waals surface area contributed by atoms with Crippen molar-refractivity contribution in [1.82, 2.24) is 4.98 Å². The SMILES string of the molecule is O=C(O)c1nc([N+](=O)[O-])cc(OC(F)(F)F)c1C(F)F. The quantitative estimate of drug-likeness (QED) is 0.521. The Hall–Kier alpha value is -2.53. The number of aromatic carboxylic acids is 1. The van der Waals surface area contributed by atoms with E-state index in [1.807, 2.05) is 0 Å². The topological polar surface area (TPSA) is 103 Å². The predicted octanol–water partition coefficient (Wildman–Crippen LogP) is 2.52. The molecule has 110 valence electrons. The zero-order valence-electron chi connectivity index (χ0n) is 9.02. The molecule has 0 aliphatic rings. The second-order valence-electron chi connectivity index (χ2n) is 3.15. The third-order valence-electron chi connectivity index (χ3n) is 1.84. The number of nitro groups is 1. The van der Waals surface area contributed by atoms with Crippen LogP contribution in [-0.2, 0) is 0 Å². The van der Waals surface area contributed by atoms with Gasteiger partial charge in [0.05, 0.1) is 6.07 Å². The first kappa shape index (κ1) is 15.5. The van der Waals surface area contributed by atoms with E-state index in [0.29, 0.717) is 0 Å². The van der Waals surface area contributed by atoms with Gasteiger partial charge in [0, 0.05) is 0 Å². The predicted molar refractivity (Wildman–Crippen MR) is 49.5 cm³/mol. The van der Waals surface area contributed by atoms with Crippen molar-refractivity contribution in [3.63, 3.8) is 0 Å². The van der Waals surface area contributed by atoms with E-state index in [4.69, 9.17) is 5.11 Å². The molecule has 0 amide bonds. The van der Waals surface area contributed by atoms with Crippen LogP contribution in [0.3, 0.4) is 0 Å². The molecule has 0 bridgehead atoms. The molecule has 1 N–H and O–H groups in total.